The van der Waals surface area contributed by atoms with E-state index >= 15 is 0 Å². The van der Waals surface area contributed by atoms with E-state index in [0.29, 0.717) is 24.9 Å². The number of nitrogens with zero attached hydrogens (tertiary/aromatic N) is 2. The normalized spacial score (nSPS) is 17.9. The second-order valence-corrected chi connectivity index (χ2v) is 13.1. The molecule has 1 heterocycles. The minimum absolute atomic E-state index is 0.173. The van der Waals surface area contributed by atoms with Crippen molar-refractivity contribution in [3.05, 3.63) is 71.8 Å². The second kappa shape index (κ2) is 16.3. The number of nitrogens with one attached hydrogen (secondary N) is 3. The molecule has 0 saturated carbocycles. The van der Waals surface area contributed by atoms with Crippen molar-refractivity contribution in [2.75, 3.05) is 27.2 Å². The average Bonchev–Trinajstić information content (AvgIpc) is 3.40. The van der Waals surface area contributed by atoms with Crippen LogP contribution in [0, 0.1) is 5.41 Å². The maximum atomic E-state index is 13.6. The summed E-state index contributed by atoms with van der Waals surface area (Å²) in [5.41, 5.74) is 7.51. The molecule has 3 rings (SSSR count). The summed E-state index contributed by atoms with van der Waals surface area (Å²) in [4.78, 5) is 81.7. The minimum atomic E-state index is -1.17. The number of likely N-dealkylation sites (N-methyl/N-ethyl adjacent to an activating group) is 1. The number of hydrogen-bond acceptors (Lipinski definition) is 7. The van der Waals surface area contributed by atoms with Gasteiger partial charge < -0.3 is 31.5 Å². The first-order valence-corrected chi connectivity index (χ1v) is 16.0. The van der Waals surface area contributed by atoms with Crippen LogP contribution in [0.1, 0.15) is 70.0 Å². The third kappa shape index (κ3) is 9.71. The fourth-order valence-electron chi connectivity index (χ4n) is 5.74. The molecule has 0 aromatic heterocycles. The van der Waals surface area contributed by atoms with Crippen LogP contribution in [0.4, 0.5) is 0 Å². The van der Waals surface area contributed by atoms with Gasteiger partial charge in [-0.25, -0.2) is 0 Å². The molecule has 0 radical (unpaired) electrons. The lowest BCUT2D eigenvalue weighted by molar-refractivity contribution is -0.143. The summed E-state index contributed by atoms with van der Waals surface area (Å²) in [7, 11) is 3.13. The van der Waals surface area contributed by atoms with Gasteiger partial charge in [0.2, 0.25) is 29.4 Å². The lowest BCUT2D eigenvalue weighted by atomic mass is 9.90. The number of benzene rings is 2. The quantitative estimate of drug-likeness (QED) is 0.226. The molecule has 5 amide bonds. The van der Waals surface area contributed by atoms with Crippen molar-refractivity contribution in [1.82, 2.24) is 25.8 Å². The Balaban J connectivity index is 1.66. The lowest BCUT2D eigenvalue weighted by Crippen LogP contribution is -2.56. The van der Waals surface area contributed by atoms with Gasteiger partial charge in [-0.1, -0.05) is 94.8 Å². The molecular formula is C35H48N6O6. The molecule has 0 spiro atoms. The van der Waals surface area contributed by atoms with Crippen LogP contribution < -0.4 is 21.7 Å². The first kappa shape index (κ1) is 36.9. The van der Waals surface area contributed by atoms with Gasteiger partial charge in [-0.2, -0.15) is 0 Å². The van der Waals surface area contributed by atoms with Crippen LogP contribution in [0.2, 0.25) is 0 Å². The zero-order valence-electron chi connectivity index (χ0n) is 28.1. The molecule has 5 atom stereocenters. The minimum Gasteiger partial charge on any atom is -0.347 e. The van der Waals surface area contributed by atoms with Crippen molar-refractivity contribution in [1.29, 1.82) is 0 Å². The molecule has 5 N–H and O–H groups in total. The van der Waals surface area contributed by atoms with Gasteiger partial charge in [0.05, 0.1) is 18.6 Å². The van der Waals surface area contributed by atoms with Crippen LogP contribution in [0.5, 0.6) is 0 Å². The molecule has 2 aromatic rings. The smallest absolute Gasteiger partial charge is 0.290 e. The third-order valence-corrected chi connectivity index (χ3v) is 8.43. The average molecular weight is 649 g/mol. The zero-order valence-corrected chi connectivity index (χ0v) is 28.1. The summed E-state index contributed by atoms with van der Waals surface area (Å²) in [5.74, 6) is -4.21. The highest BCUT2D eigenvalue weighted by Gasteiger charge is 2.46. The number of rotatable bonds is 14. The van der Waals surface area contributed by atoms with Gasteiger partial charge in [0.1, 0.15) is 12.1 Å². The van der Waals surface area contributed by atoms with Crippen molar-refractivity contribution < 1.29 is 28.8 Å². The van der Waals surface area contributed by atoms with Crippen LogP contribution in [0.25, 0.3) is 0 Å². The molecule has 2 aromatic carbocycles. The van der Waals surface area contributed by atoms with Crippen molar-refractivity contribution in [2.24, 2.45) is 11.1 Å². The number of likely N-dealkylation sites (tertiary alicyclic amines) is 1. The highest BCUT2D eigenvalue weighted by Crippen LogP contribution is 2.35. The largest absolute Gasteiger partial charge is 0.347 e. The standard InChI is InChI=1S/C35H48N6O6/c1-7-14-25(30(43)32(45)37-20-27(42)39-29(34(47)40(5)6)24-17-12-9-13-18-24)38-31(44)26-19-35(3,4)21-41(26)33(46)28(36)22(2)23-15-10-8-11-16-23/h8-13,15-18,22,25-26,28-29H,7,14,19-21,36H2,1-6H3,(H,37,45)(H,38,44)(H,39,42)/t22?,25?,26-,28-,29?/m0/s1. The Labute approximate surface area is 276 Å². The highest BCUT2D eigenvalue weighted by atomic mass is 16.2. The van der Waals surface area contributed by atoms with Crippen LogP contribution in [0.15, 0.2) is 60.7 Å². The van der Waals surface area contributed by atoms with E-state index in [1.165, 1.54) is 9.80 Å². The number of amides is 5. The SMILES string of the molecule is CCCC(NC(=O)[C@@H]1CC(C)(C)CN1C(=O)[C@@H](N)C(C)c1ccccc1)C(=O)C(=O)NCC(=O)NC(C(=O)N(C)C)c1ccccc1. The van der Waals surface area contributed by atoms with E-state index in [4.69, 9.17) is 5.73 Å². The molecular weight excluding hydrogens is 600 g/mol. The van der Waals surface area contributed by atoms with Crippen molar-refractivity contribution >= 4 is 35.3 Å². The van der Waals surface area contributed by atoms with E-state index in [0.717, 1.165) is 5.56 Å². The van der Waals surface area contributed by atoms with Gasteiger partial charge in [0, 0.05) is 26.6 Å². The summed E-state index contributed by atoms with van der Waals surface area (Å²) in [5, 5.41) is 7.62. The van der Waals surface area contributed by atoms with Crippen molar-refractivity contribution in [3.63, 3.8) is 0 Å². The Morgan fingerprint density at radius 1 is 0.936 bits per heavy atom. The maximum absolute atomic E-state index is 13.6. The van der Waals surface area contributed by atoms with Gasteiger partial charge in [-0.3, -0.25) is 28.8 Å². The highest BCUT2D eigenvalue weighted by molar-refractivity contribution is 6.38. The first-order valence-electron chi connectivity index (χ1n) is 16.0. The summed E-state index contributed by atoms with van der Waals surface area (Å²) >= 11 is 0. The molecule has 254 valence electrons. The van der Waals surface area contributed by atoms with Crippen molar-refractivity contribution in [2.45, 2.75) is 77.0 Å². The van der Waals surface area contributed by atoms with Gasteiger partial charge in [0.25, 0.3) is 5.91 Å². The van der Waals surface area contributed by atoms with E-state index in [2.05, 4.69) is 16.0 Å². The van der Waals surface area contributed by atoms with E-state index in [1.54, 1.807) is 44.4 Å². The number of hydrogen-bond donors (Lipinski definition) is 4. The van der Waals surface area contributed by atoms with Gasteiger partial charge in [-0.15, -0.1) is 0 Å². The van der Waals surface area contributed by atoms with E-state index in [1.807, 2.05) is 58.0 Å². The Bertz CT molecular complexity index is 1430. The summed E-state index contributed by atoms with van der Waals surface area (Å²) in [6.45, 7) is 7.33. The zero-order chi connectivity index (χ0) is 34.9. The Morgan fingerprint density at radius 3 is 2.06 bits per heavy atom. The fraction of sp³-hybridized carbons (Fsp3) is 0.486. The van der Waals surface area contributed by atoms with E-state index in [9.17, 15) is 28.8 Å². The molecule has 0 bridgehead atoms. The third-order valence-electron chi connectivity index (χ3n) is 8.43. The lowest BCUT2D eigenvalue weighted by Gasteiger charge is -2.30. The van der Waals surface area contributed by atoms with Gasteiger partial charge in [0.15, 0.2) is 0 Å². The van der Waals surface area contributed by atoms with Gasteiger partial charge in [-0.05, 0) is 29.4 Å². The predicted molar refractivity (Wildman–Crippen MR) is 178 cm³/mol. The maximum Gasteiger partial charge on any atom is 0.290 e. The van der Waals surface area contributed by atoms with Crippen LogP contribution in [0.3, 0.4) is 0 Å². The molecule has 12 nitrogen and oxygen atoms in total. The van der Waals surface area contributed by atoms with Crippen LogP contribution >= 0.6 is 0 Å². The van der Waals surface area contributed by atoms with E-state index in [-0.39, 0.29) is 29.6 Å². The molecule has 12 heteroatoms. The van der Waals surface area contributed by atoms with E-state index < -0.39 is 54.2 Å². The number of nitrogens with two attached hydrogens (primary N) is 1. The molecule has 3 unspecified atom stereocenters. The van der Waals surface area contributed by atoms with Crippen molar-refractivity contribution in [3.8, 4) is 0 Å². The molecule has 1 aliphatic heterocycles. The fourth-order valence-corrected chi connectivity index (χ4v) is 5.74. The molecule has 1 fully saturated rings. The summed E-state index contributed by atoms with van der Waals surface area (Å²) in [6.07, 6.45) is 1.00. The predicted octanol–water partition coefficient (Wildman–Crippen LogP) is 1.66. The second-order valence-electron chi connectivity index (χ2n) is 13.1. The Hall–Kier alpha value is -4.58. The summed E-state index contributed by atoms with van der Waals surface area (Å²) in [6, 6.07) is 14.2. The molecule has 47 heavy (non-hydrogen) atoms. The monoisotopic (exact) mass is 648 g/mol. The number of ketones is 1. The first-order chi connectivity index (χ1) is 22.2. The van der Waals surface area contributed by atoms with Crippen LogP contribution in [-0.2, 0) is 28.8 Å². The molecule has 1 saturated heterocycles. The Kier molecular flexibility index (Phi) is 12.8. The Morgan fingerprint density at radius 2 is 1.51 bits per heavy atom. The summed E-state index contributed by atoms with van der Waals surface area (Å²) < 4.78 is 0. The van der Waals surface area contributed by atoms with Crippen LogP contribution in [-0.4, -0.2) is 90.4 Å². The molecule has 1 aliphatic rings. The topological polar surface area (TPSA) is 171 Å². The number of carbonyl (C=O) groups is 6. The van der Waals surface area contributed by atoms with Gasteiger partial charge >= 0.3 is 0 Å². The molecule has 0 aliphatic carbocycles. The number of carbonyl (C=O) groups excluding carboxylic acids is 6. The number of Topliss-reactive ketones (excluding diaryl/α,β-unsaturated/α-hetero) is 1.